The van der Waals surface area contributed by atoms with Gasteiger partial charge in [-0.05, 0) is 50.2 Å². The Balaban J connectivity index is 1.33. The molecule has 11 heteroatoms. The average molecular weight is 707 g/mol. The topological polar surface area (TPSA) is 83.5 Å². The van der Waals surface area contributed by atoms with Crippen LogP contribution in [0.15, 0.2) is 55.9 Å². The molecule has 0 radical (unpaired) electrons. The summed E-state index contributed by atoms with van der Waals surface area (Å²) >= 11 is 0. The van der Waals surface area contributed by atoms with Gasteiger partial charge in [-0.15, -0.1) is 0 Å². The van der Waals surface area contributed by atoms with Gasteiger partial charge in [-0.2, -0.15) is 0 Å². The van der Waals surface area contributed by atoms with Gasteiger partial charge in [0.15, 0.2) is 0 Å². The van der Waals surface area contributed by atoms with Gasteiger partial charge in [0.25, 0.3) is 0 Å². The van der Waals surface area contributed by atoms with E-state index < -0.39 is 0 Å². The molecule has 0 aliphatic carbocycles. The van der Waals surface area contributed by atoms with E-state index in [1.165, 1.54) is 69.8 Å². The molecule has 3 aromatic heterocycles. The molecule has 0 atom stereocenters. The van der Waals surface area contributed by atoms with Crippen LogP contribution in [0.2, 0.25) is 0 Å². The van der Waals surface area contributed by atoms with E-state index >= 15 is 0 Å². The van der Waals surface area contributed by atoms with Crippen LogP contribution in [0.5, 0.6) is 0 Å². The zero-order chi connectivity index (χ0) is 36.3. The van der Waals surface area contributed by atoms with E-state index in [1.54, 1.807) is 14.7 Å². The summed E-state index contributed by atoms with van der Waals surface area (Å²) in [5.41, 5.74) is 1.31. The first-order chi connectivity index (χ1) is 24.9. The number of imidazole rings is 2. The molecule has 11 nitrogen and oxygen atoms in total. The summed E-state index contributed by atoms with van der Waals surface area (Å²) in [7, 11) is 0. The largest absolute Gasteiger partial charge is 0.353 e. The molecule has 4 heterocycles. The monoisotopic (exact) mass is 707 g/mol. The van der Waals surface area contributed by atoms with Crippen LogP contribution in [0.25, 0.3) is 0 Å². The molecule has 0 N–H and O–H groups in total. The third-order valence-electron chi connectivity index (χ3n) is 10.00. The van der Waals surface area contributed by atoms with E-state index in [-0.39, 0.29) is 37.7 Å². The highest BCUT2D eigenvalue weighted by atomic mass is 16.2. The SMILES string of the molecule is CCCCCCc1ccn(CCC(=O)N2CN(C(=O)CCn3cc[n+](CCCCCC)c3)CN(C(=O)CCn3cc[n+](CCCCCC)c3)C2)c1. The van der Waals surface area contributed by atoms with Gasteiger partial charge in [0.05, 0.1) is 59.0 Å². The number of carbonyl (C=O) groups is 3. The van der Waals surface area contributed by atoms with Crippen molar-refractivity contribution in [2.45, 2.75) is 156 Å². The smallest absolute Gasteiger partial charge is 0.243 e. The lowest BCUT2D eigenvalue weighted by atomic mass is 10.1. The maximum atomic E-state index is 13.6. The van der Waals surface area contributed by atoms with Crippen LogP contribution in [-0.4, -0.2) is 66.1 Å². The van der Waals surface area contributed by atoms with Crippen molar-refractivity contribution in [1.82, 2.24) is 28.4 Å². The van der Waals surface area contributed by atoms with Crippen LogP contribution in [0.4, 0.5) is 0 Å². The fourth-order valence-corrected chi connectivity index (χ4v) is 6.76. The Bertz CT molecular complexity index is 1280. The number of rotatable bonds is 24. The second kappa shape index (κ2) is 22.1. The zero-order valence-corrected chi connectivity index (χ0v) is 32.0. The molecule has 3 aromatic rings. The molecule has 1 aliphatic heterocycles. The van der Waals surface area contributed by atoms with Crippen molar-refractivity contribution in [3.63, 3.8) is 0 Å². The van der Waals surface area contributed by atoms with E-state index in [1.807, 2.05) is 12.4 Å². The molecular formula is C40H66N8O3+2. The maximum Gasteiger partial charge on any atom is 0.243 e. The highest BCUT2D eigenvalue weighted by molar-refractivity contribution is 5.82. The Kier molecular flexibility index (Phi) is 17.3. The summed E-state index contributed by atoms with van der Waals surface area (Å²) in [6.45, 7) is 10.9. The van der Waals surface area contributed by atoms with E-state index in [2.05, 4.69) is 87.1 Å². The van der Waals surface area contributed by atoms with Gasteiger partial charge in [0, 0.05) is 25.4 Å². The number of aryl methyl sites for hydroxylation is 6. The number of carbonyl (C=O) groups excluding carboxylic acids is 3. The average Bonchev–Trinajstić information content (AvgIpc) is 3.92. The highest BCUT2D eigenvalue weighted by Crippen LogP contribution is 2.15. The Morgan fingerprint density at radius 2 is 0.980 bits per heavy atom. The van der Waals surface area contributed by atoms with Crippen molar-refractivity contribution in [3.05, 3.63) is 61.5 Å². The maximum absolute atomic E-state index is 13.6. The molecule has 282 valence electrons. The van der Waals surface area contributed by atoms with Crippen LogP contribution < -0.4 is 9.13 Å². The molecule has 1 saturated heterocycles. The molecule has 51 heavy (non-hydrogen) atoms. The molecule has 1 aliphatic rings. The second-order valence-corrected chi connectivity index (χ2v) is 14.4. The van der Waals surface area contributed by atoms with E-state index in [4.69, 9.17) is 0 Å². The number of nitrogens with zero attached hydrogens (tertiary/aromatic N) is 8. The summed E-state index contributed by atoms with van der Waals surface area (Å²) in [6.07, 6.45) is 33.1. The van der Waals surface area contributed by atoms with Crippen LogP contribution >= 0.6 is 0 Å². The van der Waals surface area contributed by atoms with Gasteiger partial charge in [0.2, 0.25) is 30.4 Å². The van der Waals surface area contributed by atoms with Gasteiger partial charge >= 0.3 is 0 Å². The minimum Gasteiger partial charge on any atom is -0.353 e. The third kappa shape index (κ3) is 14.0. The van der Waals surface area contributed by atoms with Gasteiger partial charge in [0.1, 0.15) is 24.8 Å². The Morgan fingerprint density at radius 3 is 1.43 bits per heavy atom. The Hall–Kier alpha value is -3.89. The first-order valence-electron chi connectivity index (χ1n) is 20.0. The minimum absolute atomic E-state index is 0.0486. The second-order valence-electron chi connectivity index (χ2n) is 14.4. The summed E-state index contributed by atoms with van der Waals surface area (Å²) in [4.78, 5) is 45.8. The van der Waals surface area contributed by atoms with Crippen molar-refractivity contribution in [2.75, 3.05) is 20.0 Å². The molecule has 0 spiro atoms. The fourth-order valence-electron chi connectivity index (χ4n) is 6.76. The quantitative estimate of drug-likeness (QED) is 0.0861. The normalized spacial score (nSPS) is 13.4. The Labute approximate surface area is 306 Å². The van der Waals surface area contributed by atoms with Crippen LogP contribution in [0.1, 0.15) is 123 Å². The van der Waals surface area contributed by atoms with Crippen LogP contribution in [0.3, 0.4) is 0 Å². The lowest BCUT2D eigenvalue weighted by Gasteiger charge is -2.42. The number of amides is 3. The molecular weight excluding hydrogens is 640 g/mol. The fraction of sp³-hybridized carbons (Fsp3) is 0.675. The van der Waals surface area contributed by atoms with Crippen molar-refractivity contribution in [3.8, 4) is 0 Å². The minimum atomic E-state index is -0.0545. The molecule has 0 aromatic carbocycles. The third-order valence-corrected chi connectivity index (χ3v) is 10.00. The van der Waals surface area contributed by atoms with Gasteiger partial charge in [-0.25, -0.2) is 18.3 Å². The first kappa shape index (κ1) is 39.9. The first-order valence-corrected chi connectivity index (χ1v) is 20.0. The summed E-state index contributed by atoms with van der Waals surface area (Å²) < 4.78 is 10.6. The number of hydrogen-bond acceptors (Lipinski definition) is 3. The highest BCUT2D eigenvalue weighted by Gasteiger charge is 2.32. The number of aromatic nitrogens is 5. The summed E-state index contributed by atoms with van der Waals surface area (Å²) in [6, 6.07) is 2.15. The van der Waals surface area contributed by atoms with Crippen LogP contribution in [-0.2, 0) is 53.5 Å². The molecule has 0 saturated carbocycles. The lowest BCUT2D eigenvalue weighted by Crippen LogP contribution is -2.59. The predicted molar refractivity (Wildman–Crippen MR) is 199 cm³/mol. The van der Waals surface area contributed by atoms with Crippen molar-refractivity contribution < 1.29 is 23.5 Å². The number of hydrogen-bond donors (Lipinski definition) is 0. The predicted octanol–water partition coefficient (Wildman–Crippen LogP) is 5.89. The zero-order valence-electron chi connectivity index (χ0n) is 32.0. The Morgan fingerprint density at radius 1 is 0.549 bits per heavy atom. The van der Waals surface area contributed by atoms with Gasteiger partial charge in [-0.3, -0.25) is 14.4 Å². The van der Waals surface area contributed by atoms with Crippen molar-refractivity contribution >= 4 is 17.7 Å². The molecule has 4 rings (SSSR count). The van der Waals surface area contributed by atoms with E-state index in [0.717, 1.165) is 32.4 Å². The number of unbranched alkanes of at least 4 members (excludes halogenated alkanes) is 9. The van der Waals surface area contributed by atoms with Crippen molar-refractivity contribution in [1.29, 1.82) is 0 Å². The molecule has 0 unspecified atom stereocenters. The van der Waals surface area contributed by atoms with Gasteiger partial charge < -0.3 is 19.3 Å². The van der Waals surface area contributed by atoms with Crippen molar-refractivity contribution in [2.24, 2.45) is 0 Å². The standard InChI is InChI=1S/C40H66N8O3/c1-4-7-10-13-16-37-17-23-41(31-37)24-18-38(49)46-34-47(39(50)19-25-44-29-27-42(32-44)21-14-11-8-5-2)36-48(35-46)40(51)20-26-45-30-28-43(33-45)22-15-12-9-6-3/h17,23,27-33H,4-16,18-22,24-26,34-36H2,1-3H3/q+2. The van der Waals surface area contributed by atoms with E-state index in [9.17, 15) is 14.4 Å². The van der Waals surface area contributed by atoms with Gasteiger partial charge in [-0.1, -0.05) is 65.7 Å². The lowest BCUT2D eigenvalue weighted by molar-refractivity contribution is -0.697. The molecule has 1 fully saturated rings. The molecule has 0 bridgehead atoms. The summed E-state index contributed by atoms with van der Waals surface area (Å²) in [5.74, 6) is -0.158. The van der Waals surface area contributed by atoms with E-state index in [0.29, 0.717) is 38.9 Å². The van der Waals surface area contributed by atoms with Crippen LogP contribution in [0, 0.1) is 0 Å². The molecule has 3 amide bonds. The summed E-state index contributed by atoms with van der Waals surface area (Å²) in [5, 5.41) is 0.